The number of carbonyl (C=O) groups excluding carboxylic acids is 1. The van der Waals surface area contributed by atoms with Gasteiger partial charge in [0.25, 0.3) is 0 Å². The van der Waals surface area contributed by atoms with Gasteiger partial charge in [0.15, 0.2) is 0 Å². The Kier molecular flexibility index (Phi) is 6.30. The lowest BCUT2D eigenvalue weighted by Gasteiger charge is -2.36. The van der Waals surface area contributed by atoms with Crippen LogP contribution in [-0.4, -0.2) is 31.3 Å². The first-order chi connectivity index (χ1) is 9.19. The van der Waals surface area contributed by atoms with E-state index < -0.39 is 25.2 Å². The van der Waals surface area contributed by atoms with Crippen LogP contribution in [0.4, 0.5) is 13.2 Å². The first kappa shape index (κ1) is 17.3. The van der Waals surface area contributed by atoms with E-state index in [9.17, 15) is 18.0 Å². The van der Waals surface area contributed by atoms with E-state index in [1.54, 1.807) is 0 Å². The average molecular weight is 295 g/mol. The Balaban J connectivity index is 2.41. The molecule has 20 heavy (non-hydrogen) atoms. The van der Waals surface area contributed by atoms with Crippen LogP contribution in [0.1, 0.15) is 40.0 Å². The fourth-order valence-corrected chi connectivity index (χ4v) is 2.77. The van der Waals surface area contributed by atoms with Crippen LogP contribution < -0.4 is 5.32 Å². The number of alkyl halides is 3. The van der Waals surface area contributed by atoms with Gasteiger partial charge in [0.2, 0.25) is 0 Å². The van der Waals surface area contributed by atoms with Crippen molar-refractivity contribution in [2.45, 2.75) is 52.3 Å². The van der Waals surface area contributed by atoms with E-state index in [-0.39, 0.29) is 6.10 Å². The average Bonchev–Trinajstić information content (AvgIpc) is 2.26. The summed E-state index contributed by atoms with van der Waals surface area (Å²) < 4.78 is 41.3. The second kappa shape index (κ2) is 7.29. The van der Waals surface area contributed by atoms with Gasteiger partial charge in [0, 0.05) is 0 Å². The molecule has 0 aromatic heterocycles. The zero-order chi connectivity index (χ0) is 15.3. The molecule has 1 aliphatic rings. The van der Waals surface area contributed by atoms with E-state index >= 15 is 0 Å². The van der Waals surface area contributed by atoms with Gasteiger partial charge < -0.3 is 4.74 Å². The maximum Gasteiger partial charge on any atom is 0.401 e. The Labute approximate surface area is 118 Å². The van der Waals surface area contributed by atoms with E-state index in [1.807, 2.05) is 0 Å². The summed E-state index contributed by atoms with van der Waals surface area (Å²) in [4.78, 5) is 11.6. The molecule has 0 aromatic carbocycles. The van der Waals surface area contributed by atoms with Gasteiger partial charge in [-0.15, -0.1) is 0 Å². The molecule has 1 rings (SSSR count). The molecule has 0 radical (unpaired) electrons. The molecule has 1 fully saturated rings. The lowest BCUT2D eigenvalue weighted by atomic mass is 9.75. The lowest BCUT2D eigenvalue weighted by molar-refractivity contribution is -0.156. The topological polar surface area (TPSA) is 38.3 Å². The number of rotatable bonds is 5. The van der Waals surface area contributed by atoms with Gasteiger partial charge in [-0.05, 0) is 30.6 Å². The molecule has 1 saturated carbocycles. The van der Waals surface area contributed by atoms with E-state index in [2.05, 4.69) is 26.1 Å². The molecule has 118 valence electrons. The molecule has 0 saturated heterocycles. The Bertz CT molecular complexity index is 318. The molecule has 1 aliphatic carbocycles. The molecular formula is C14H24F3NO2. The number of hydrogen-bond donors (Lipinski definition) is 1. The fraction of sp³-hybridized carbons (Fsp3) is 0.929. The smallest absolute Gasteiger partial charge is 0.401 e. The third-order valence-corrected chi connectivity index (χ3v) is 3.84. The Morgan fingerprint density at radius 3 is 2.55 bits per heavy atom. The van der Waals surface area contributed by atoms with Gasteiger partial charge in [-0.3, -0.25) is 10.1 Å². The zero-order valence-electron chi connectivity index (χ0n) is 12.3. The predicted octanol–water partition coefficient (Wildman–Crippen LogP) is 3.14. The molecular weight excluding hydrogens is 271 g/mol. The summed E-state index contributed by atoms with van der Waals surface area (Å²) in [6.45, 7) is 4.72. The summed E-state index contributed by atoms with van der Waals surface area (Å²) in [6, 6.07) is 0. The first-order valence-corrected chi connectivity index (χ1v) is 7.16. The van der Waals surface area contributed by atoms with Gasteiger partial charge in [0.1, 0.15) is 6.10 Å². The molecule has 6 heteroatoms. The maximum absolute atomic E-state index is 12.0. The normalized spacial score (nSPS) is 27.6. The quantitative estimate of drug-likeness (QED) is 0.792. The molecule has 3 atom stereocenters. The molecule has 0 heterocycles. The number of nitrogens with one attached hydrogen (secondary N) is 1. The van der Waals surface area contributed by atoms with Crippen LogP contribution in [0.2, 0.25) is 0 Å². The Morgan fingerprint density at radius 2 is 2.00 bits per heavy atom. The highest BCUT2D eigenvalue weighted by atomic mass is 19.4. The third kappa shape index (κ3) is 6.11. The van der Waals surface area contributed by atoms with Crippen LogP contribution in [-0.2, 0) is 9.53 Å². The van der Waals surface area contributed by atoms with Gasteiger partial charge >= 0.3 is 12.1 Å². The number of hydrogen-bond acceptors (Lipinski definition) is 3. The number of ether oxygens (including phenoxy) is 1. The van der Waals surface area contributed by atoms with Crippen molar-refractivity contribution in [1.82, 2.24) is 5.32 Å². The van der Waals surface area contributed by atoms with Crippen molar-refractivity contribution in [3.05, 3.63) is 0 Å². The second-order valence-electron chi connectivity index (χ2n) is 6.07. The van der Waals surface area contributed by atoms with Crippen LogP contribution >= 0.6 is 0 Å². The highest BCUT2D eigenvalue weighted by molar-refractivity contribution is 5.71. The minimum atomic E-state index is -4.31. The lowest BCUT2D eigenvalue weighted by Crippen LogP contribution is -2.39. The van der Waals surface area contributed by atoms with Crippen LogP contribution in [0.25, 0.3) is 0 Å². The van der Waals surface area contributed by atoms with Crippen molar-refractivity contribution < 1.29 is 22.7 Å². The van der Waals surface area contributed by atoms with Crippen molar-refractivity contribution in [3.8, 4) is 0 Å². The van der Waals surface area contributed by atoms with Crippen molar-refractivity contribution in [2.24, 2.45) is 17.8 Å². The van der Waals surface area contributed by atoms with Crippen molar-refractivity contribution in [3.63, 3.8) is 0 Å². The van der Waals surface area contributed by atoms with Crippen LogP contribution in [0.5, 0.6) is 0 Å². The summed E-state index contributed by atoms with van der Waals surface area (Å²) in [5.41, 5.74) is 0. The number of halogens is 3. The highest BCUT2D eigenvalue weighted by Crippen LogP contribution is 2.35. The van der Waals surface area contributed by atoms with Crippen molar-refractivity contribution >= 4 is 5.97 Å². The van der Waals surface area contributed by atoms with Gasteiger partial charge in [0.05, 0.1) is 13.1 Å². The largest absolute Gasteiger partial charge is 0.461 e. The first-order valence-electron chi connectivity index (χ1n) is 7.16. The predicted molar refractivity (Wildman–Crippen MR) is 70.1 cm³/mol. The summed E-state index contributed by atoms with van der Waals surface area (Å²) in [5.74, 6) is 0.603. The third-order valence-electron chi connectivity index (χ3n) is 3.84. The molecule has 0 amide bonds. The van der Waals surface area contributed by atoms with Gasteiger partial charge in [-0.2, -0.15) is 13.2 Å². The minimum absolute atomic E-state index is 0.168. The van der Waals surface area contributed by atoms with Crippen LogP contribution in [0, 0.1) is 17.8 Å². The summed E-state index contributed by atoms with van der Waals surface area (Å²) in [7, 11) is 0. The van der Waals surface area contributed by atoms with E-state index in [0.29, 0.717) is 17.8 Å². The van der Waals surface area contributed by atoms with Gasteiger partial charge in [-0.25, -0.2) is 0 Å². The fourth-order valence-electron chi connectivity index (χ4n) is 2.77. The second-order valence-corrected chi connectivity index (χ2v) is 6.07. The Morgan fingerprint density at radius 1 is 1.35 bits per heavy atom. The summed E-state index contributed by atoms with van der Waals surface area (Å²) in [5, 5.41) is 2.07. The number of esters is 1. The molecule has 0 bridgehead atoms. The highest BCUT2D eigenvalue weighted by Gasteiger charge is 2.33. The molecule has 3 unspecified atom stereocenters. The van der Waals surface area contributed by atoms with E-state index in [0.717, 1.165) is 19.3 Å². The standard InChI is InChI=1S/C14H24F3NO2/c1-9(2)11-5-4-10(3)6-12(11)20-13(19)7-18-8-14(15,16)17/h9-12,18H,4-8H2,1-3H3. The van der Waals surface area contributed by atoms with Crippen LogP contribution in [0.15, 0.2) is 0 Å². The molecule has 1 N–H and O–H groups in total. The molecule has 0 aromatic rings. The molecule has 0 aliphatic heterocycles. The van der Waals surface area contributed by atoms with E-state index in [4.69, 9.17) is 4.74 Å². The summed E-state index contributed by atoms with van der Waals surface area (Å²) >= 11 is 0. The molecule has 3 nitrogen and oxygen atoms in total. The van der Waals surface area contributed by atoms with Crippen LogP contribution in [0.3, 0.4) is 0 Å². The number of carbonyl (C=O) groups is 1. The monoisotopic (exact) mass is 295 g/mol. The maximum atomic E-state index is 12.0. The minimum Gasteiger partial charge on any atom is -0.461 e. The molecule has 0 spiro atoms. The SMILES string of the molecule is CC1CCC(C(C)C)C(OC(=O)CNCC(F)(F)F)C1. The van der Waals surface area contributed by atoms with Gasteiger partial charge in [-0.1, -0.05) is 27.2 Å². The zero-order valence-corrected chi connectivity index (χ0v) is 12.3. The van der Waals surface area contributed by atoms with E-state index in [1.165, 1.54) is 0 Å². The van der Waals surface area contributed by atoms with Crippen molar-refractivity contribution in [2.75, 3.05) is 13.1 Å². The Hall–Kier alpha value is -0.780. The summed E-state index contributed by atoms with van der Waals surface area (Å²) in [6.07, 6.45) is -1.55. The van der Waals surface area contributed by atoms with Crippen molar-refractivity contribution in [1.29, 1.82) is 0 Å².